The summed E-state index contributed by atoms with van der Waals surface area (Å²) in [6.07, 6.45) is 2.27. The lowest BCUT2D eigenvalue weighted by molar-refractivity contribution is -0.119. The van der Waals surface area contributed by atoms with E-state index in [0.717, 1.165) is 35.2 Å². The van der Waals surface area contributed by atoms with Gasteiger partial charge in [-0.1, -0.05) is 41.6 Å². The van der Waals surface area contributed by atoms with Crippen LogP contribution in [0.2, 0.25) is 0 Å². The van der Waals surface area contributed by atoms with Gasteiger partial charge >= 0.3 is 0 Å². The van der Waals surface area contributed by atoms with Crippen molar-refractivity contribution < 1.29 is 9.59 Å². The van der Waals surface area contributed by atoms with Crippen LogP contribution in [0.25, 0.3) is 0 Å². The summed E-state index contributed by atoms with van der Waals surface area (Å²) in [5, 5.41) is 3.70. The van der Waals surface area contributed by atoms with E-state index < -0.39 is 5.91 Å². The van der Waals surface area contributed by atoms with E-state index in [2.05, 4.69) is 41.5 Å². The number of aromatic nitrogens is 1. The van der Waals surface area contributed by atoms with E-state index >= 15 is 0 Å². The summed E-state index contributed by atoms with van der Waals surface area (Å²) in [4.78, 5) is 29.1. The van der Waals surface area contributed by atoms with E-state index in [0.29, 0.717) is 16.5 Å². The summed E-state index contributed by atoms with van der Waals surface area (Å²) in [5.41, 5.74) is 11.0. The van der Waals surface area contributed by atoms with Crippen molar-refractivity contribution in [3.8, 4) is 0 Å². The van der Waals surface area contributed by atoms with Crippen LogP contribution in [0.5, 0.6) is 0 Å². The first-order valence-electron chi connectivity index (χ1n) is 9.54. The highest BCUT2D eigenvalue weighted by Gasteiger charge is 2.33. The second kappa shape index (κ2) is 8.35. The number of benzene rings is 1. The lowest BCUT2D eigenvalue weighted by Gasteiger charge is -2.19. The predicted molar refractivity (Wildman–Crippen MR) is 112 cm³/mol. The van der Waals surface area contributed by atoms with Gasteiger partial charge in [0.25, 0.3) is 5.91 Å². The van der Waals surface area contributed by atoms with Crippen LogP contribution >= 0.6 is 11.8 Å². The summed E-state index contributed by atoms with van der Waals surface area (Å²) in [6, 6.07) is 8.37. The first kappa shape index (κ1) is 20.4. The minimum absolute atomic E-state index is 0.0405. The van der Waals surface area contributed by atoms with Crippen molar-refractivity contribution >= 4 is 23.6 Å². The van der Waals surface area contributed by atoms with E-state index in [-0.39, 0.29) is 17.7 Å². The molecular weight excluding hydrogens is 370 g/mol. The summed E-state index contributed by atoms with van der Waals surface area (Å²) >= 11 is 1.27. The van der Waals surface area contributed by atoms with Gasteiger partial charge in [0.05, 0.1) is 17.4 Å². The maximum atomic E-state index is 12.6. The highest BCUT2D eigenvalue weighted by molar-refractivity contribution is 8.00. The van der Waals surface area contributed by atoms with Crippen LogP contribution in [0.1, 0.15) is 57.2 Å². The first-order chi connectivity index (χ1) is 13.3. The van der Waals surface area contributed by atoms with Crippen LogP contribution in [0, 0.1) is 33.6 Å². The molecule has 2 amide bonds. The van der Waals surface area contributed by atoms with E-state index in [9.17, 15) is 9.59 Å². The number of pyridine rings is 1. The molecule has 6 heteroatoms. The number of hydrogen-bond acceptors (Lipinski definition) is 4. The maximum Gasteiger partial charge on any atom is 0.251 e. The lowest BCUT2D eigenvalue weighted by atomic mass is 10.0. The molecule has 1 aromatic heterocycles. The number of thioether (sulfide) groups is 1. The summed E-state index contributed by atoms with van der Waals surface area (Å²) in [6.45, 7) is 7.75. The van der Waals surface area contributed by atoms with Gasteiger partial charge in [0, 0.05) is 5.69 Å². The number of aryl methyl sites for hydroxylation is 2. The maximum absolute atomic E-state index is 12.6. The molecule has 1 saturated carbocycles. The Hall–Kier alpha value is -2.34. The quantitative estimate of drug-likeness (QED) is 0.697. The van der Waals surface area contributed by atoms with Crippen LogP contribution in [-0.4, -0.2) is 22.6 Å². The molecular formula is C22H27N3O2S. The van der Waals surface area contributed by atoms with E-state index in [1.165, 1.54) is 17.3 Å². The van der Waals surface area contributed by atoms with Gasteiger partial charge in [-0.3, -0.25) is 9.59 Å². The molecule has 1 aromatic carbocycles. The van der Waals surface area contributed by atoms with Gasteiger partial charge in [0.2, 0.25) is 5.91 Å². The Bertz CT molecular complexity index is 905. The van der Waals surface area contributed by atoms with Crippen molar-refractivity contribution in [1.29, 1.82) is 0 Å². The minimum atomic E-state index is -0.508. The molecule has 1 unspecified atom stereocenters. The fraction of sp³-hybridized carbons (Fsp3) is 0.409. The Kier molecular flexibility index (Phi) is 6.08. The van der Waals surface area contributed by atoms with Gasteiger partial charge in [0.1, 0.15) is 5.03 Å². The molecule has 0 spiro atoms. The number of carbonyl (C=O) groups is 2. The third-order valence-corrected chi connectivity index (χ3v) is 6.37. The van der Waals surface area contributed by atoms with Gasteiger partial charge < -0.3 is 11.1 Å². The third-order valence-electron chi connectivity index (χ3n) is 5.40. The summed E-state index contributed by atoms with van der Waals surface area (Å²) < 4.78 is 0. The number of hydrogen-bond donors (Lipinski definition) is 2. The topological polar surface area (TPSA) is 85.1 Å². The first-order valence-corrected chi connectivity index (χ1v) is 10.5. The number of nitrogens with one attached hydrogen (secondary N) is 1. The van der Waals surface area contributed by atoms with Crippen molar-refractivity contribution in [3.05, 3.63) is 57.8 Å². The summed E-state index contributed by atoms with van der Waals surface area (Å²) in [5.74, 6) is 0.131. The minimum Gasteiger partial charge on any atom is -0.366 e. The molecule has 1 fully saturated rings. The van der Waals surface area contributed by atoms with Crippen molar-refractivity contribution in [1.82, 2.24) is 10.3 Å². The number of nitrogens with two attached hydrogens (primary N) is 1. The molecule has 0 aliphatic heterocycles. The predicted octanol–water partition coefficient (Wildman–Crippen LogP) is 3.77. The zero-order valence-electron chi connectivity index (χ0n) is 16.8. The zero-order valence-corrected chi connectivity index (χ0v) is 17.7. The molecule has 1 atom stereocenters. The zero-order chi connectivity index (χ0) is 20.4. The van der Waals surface area contributed by atoms with Crippen LogP contribution in [-0.2, 0) is 4.79 Å². The molecule has 1 aliphatic carbocycles. The van der Waals surface area contributed by atoms with E-state index in [1.54, 1.807) is 0 Å². The fourth-order valence-electron chi connectivity index (χ4n) is 3.33. The Morgan fingerprint density at radius 3 is 2.36 bits per heavy atom. The molecule has 0 saturated heterocycles. The van der Waals surface area contributed by atoms with Crippen molar-refractivity contribution in [2.75, 3.05) is 5.75 Å². The second-order valence-electron chi connectivity index (χ2n) is 7.57. The van der Waals surface area contributed by atoms with Crippen molar-refractivity contribution in [2.45, 2.75) is 51.6 Å². The molecule has 0 radical (unpaired) electrons. The highest BCUT2D eigenvalue weighted by atomic mass is 32.2. The second-order valence-corrected chi connectivity index (χ2v) is 8.54. The largest absolute Gasteiger partial charge is 0.366 e. The van der Waals surface area contributed by atoms with Gasteiger partial charge in [-0.15, -0.1) is 0 Å². The van der Waals surface area contributed by atoms with Gasteiger partial charge in [-0.05, 0) is 63.1 Å². The standard InChI is InChI=1S/C22H27N3O2S/c1-12-5-7-16(8-6-12)20(17-9-10-17)25-18(26)11-28-22-19(21(23)27)14(3)13(2)15(4)24-22/h5-8,17,20H,9-11H2,1-4H3,(H2,23,27)(H,25,26). The molecule has 5 nitrogen and oxygen atoms in total. The molecule has 148 valence electrons. The van der Waals surface area contributed by atoms with E-state index in [1.807, 2.05) is 20.8 Å². The number of nitrogens with zero attached hydrogens (tertiary/aromatic N) is 1. The molecule has 1 aliphatic rings. The molecule has 0 bridgehead atoms. The Morgan fingerprint density at radius 2 is 1.79 bits per heavy atom. The Labute approximate surface area is 170 Å². The fourth-order valence-corrected chi connectivity index (χ4v) is 4.28. The van der Waals surface area contributed by atoms with Crippen LogP contribution in [0.4, 0.5) is 0 Å². The smallest absolute Gasteiger partial charge is 0.251 e. The van der Waals surface area contributed by atoms with Crippen molar-refractivity contribution in [2.24, 2.45) is 11.7 Å². The molecule has 3 N–H and O–H groups in total. The molecule has 3 rings (SSSR count). The molecule has 2 aromatic rings. The molecule has 1 heterocycles. The van der Waals surface area contributed by atoms with Gasteiger partial charge in [-0.25, -0.2) is 4.98 Å². The molecule has 28 heavy (non-hydrogen) atoms. The number of rotatable bonds is 7. The average molecular weight is 398 g/mol. The third kappa shape index (κ3) is 4.55. The number of carbonyl (C=O) groups excluding carboxylic acids is 2. The lowest BCUT2D eigenvalue weighted by Crippen LogP contribution is -2.31. The number of primary amides is 1. The van der Waals surface area contributed by atoms with Gasteiger partial charge in [0.15, 0.2) is 0 Å². The summed E-state index contributed by atoms with van der Waals surface area (Å²) in [7, 11) is 0. The average Bonchev–Trinajstić information content (AvgIpc) is 3.48. The van der Waals surface area contributed by atoms with Crippen LogP contribution in [0.15, 0.2) is 29.3 Å². The van der Waals surface area contributed by atoms with Gasteiger partial charge in [-0.2, -0.15) is 0 Å². The van der Waals surface area contributed by atoms with E-state index in [4.69, 9.17) is 5.73 Å². The highest BCUT2D eigenvalue weighted by Crippen LogP contribution is 2.41. The van der Waals surface area contributed by atoms with Crippen molar-refractivity contribution in [3.63, 3.8) is 0 Å². The van der Waals surface area contributed by atoms with Crippen LogP contribution < -0.4 is 11.1 Å². The van der Waals surface area contributed by atoms with Crippen LogP contribution in [0.3, 0.4) is 0 Å². The normalized spacial score (nSPS) is 14.6. The Morgan fingerprint density at radius 1 is 1.14 bits per heavy atom. The Balaban J connectivity index is 1.72. The monoisotopic (exact) mass is 397 g/mol. The SMILES string of the molecule is Cc1ccc(C(NC(=O)CSc2nc(C)c(C)c(C)c2C(N)=O)C2CC2)cc1. The number of amides is 2.